The Balaban J connectivity index is 3.02. The molecule has 0 aliphatic carbocycles. The maximum atomic E-state index is 6.03. The molecule has 1 aromatic carbocycles. The van der Waals surface area contributed by atoms with Crippen LogP contribution >= 0.6 is 11.6 Å². The third-order valence-electron chi connectivity index (χ3n) is 3.76. The predicted molar refractivity (Wildman–Crippen MR) is 86.1 cm³/mol. The Kier molecular flexibility index (Phi) is 6.88. The minimum absolute atomic E-state index is 0.248. The van der Waals surface area contributed by atoms with Gasteiger partial charge in [-0.15, -0.1) is 0 Å². The molecule has 0 saturated carbocycles. The van der Waals surface area contributed by atoms with Crippen LogP contribution in [0.25, 0.3) is 0 Å². The molecular formula is C17H28ClN. The Labute approximate surface area is 123 Å². The second kappa shape index (κ2) is 7.91. The Morgan fingerprint density at radius 1 is 1.05 bits per heavy atom. The quantitative estimate of drug-likeness (QED) is 0.693. The van der Waals surface area contributed by atoms with E-state index < -0.39 is 0 Å². The van der Waals surface area contributed by atoms with E-state index in [1.165, 1.54) is 31.2 Å². The third kappa shape index (κ3) is 4.81. The standard InChI is InChI=1S/C17H28ClN/c1-5-11-17(12-6-2,13-19-14(3)4)15-7-9-16(18)10-8-15/h7-10,14,19H,5-6,11-13H2,1-4H3. The van der Waals surface area contributed by atoms with Gasteiger partial charge >= 0.3 is 0 Å². The number of halogens is 1. The maximum Gasteiger partial charge on any atom is 0.0406 e. The lowest BCUT2D eigenvalue weighted by Gasteiger charge is -2.35. The van der Waals surface area contributed by atoms with Gasteiger partial charge in [-0.1, -0.05) is 64.3 Å². The van der Waals surface area contributed by atoms with Crippen molar-refractivity contribution in [1.82, 2.24) is 5.32 Å². The van der Waals surface area contributed by atoms with Gasteiger partial charge in [0.15, 0.2) is 0 Å². The molecule has 0 saturated heterocycles. The minimum Gasteiger partial charge on any atom is -0.314 e. The van der Waals surface area contributed by atoms with E-state index >= 15 is 0 Å². The molecule has 1 N–H and O–H groups in total. The first-order valence-corrected chi connectivity index (χ1v) is 7.91. The Morgan fingerprint density at radius 3 is 2.00 bits per heavy atom. The Morgan fingerprint density at radius 2 is 1.58 bits per heavy atom. The van der Waals surface area contributed by atoms with Crippen LogP contribution in [-0.2, 0) is 5.41 Å². The van der Waals surface area contributed by atoms with Gasteiger partial charge in [-0.05, 0) is 30.5 Å². The summed E-state index contributed by atoms with van der Waals surface area (Å²) in [6.45, 7) is 10.0. The summed E-state index contributed by atoms with van der Waals surface area (Å²) in [5.41, 5.74) is 1.67. The Bertz CT molecular complexity index is 350. The van der Waals surface area contributed by atoms with E-state index in [0.29, 0.717) is 6.04 Å². The van der Waals surface area contributed by atoms with Gasteiger partial charge in [0.05, 0.1) is 0 Å². The zero-order valence-corrected chi connectivity index (χ0v) is 13.6. The third-order valence-corrected chi connectivity index (χ3v) is 4.01. The summed E-state index contributed by atoms with van der Waals surface area (Å²) < 4.78 is 0. The summed E-state index contributed by atoms with van der Waals surface area (Å²) in [5.74, 6) is 0. The number of nitrogens with one attached hydrogen (secondary N) is 1. The molecule has 0 amide bonds. The van der Waals surface area contributed by atoms with E-state index in [2.05, 4.69) is 45.1 Å². The van der Waals surface area contributed by atoms with Crippen LogP contribution in [0.5, 0.6) is 0 Å². The van der Waals surface area contributed by atoms with E-state index in [0.717, 1.165) is 11.6 Å². The fourth-order valence-corrected chi connectivity index (χ4v) is 2.98. The van der Waals surface area contributed by atoms with E-state index in [1.807, 2.05) is 12.1 Å². The molecule has 0 aliphatic rings. The van der Waals surface area contributed by atoms with E-state index in [4.69, 9.17) is 11.6 Å². The lowest BCUT2D eigenvalue weighted by atomic mass is 9.73. The highest BCUT2D eigenvalue weighted by atomic mass is 35.5. The van der Waals surface area contributed by atoms with Crippen molar-refractivity contribution in [2.24, 2.45) is 0 Å². The Hall–Kier alpha value is -0.530. The van der Waals surface area contributed by atoms with Crippen LogP contribution in [-0.4, -0.2) is 12.6 Å². The second-order valence-corrected chi connectivity index (χ2v) is 6.26. The molecule has 0 heterocycles. The predicted octanol–water partition coefficient (Wildman–Crippen LogP) is 5.18. The molecule has 0 aliphatic heterocycles. The van der Waals surface area contributed by atoms with Crippen LogP contribution in [0.4, 0.5) is 0 Å². The number of benzene rings is 1. The van der Waals surface area contributed by atoms with Crippen LogP contribution in [0, 0.1) is 0 Å². The first kappa shape index (κ1) is 16.5. The molecule has 1 aromatic rings. The largest absolute Gasteiger partial charge is 0.314 e. The van der Waals surface area contributed by atoms with Crippen molar-refractivity contribution in [3.63, 3.8) is 0 Å². The van der Waals surface area contributed by atoms with Crippen LogP contribution in [0.15, 0.2) is 24.3 Å². The number of rotatable bonds is 8. The molecule has 1 rings (SSSR count). The fourth-order valence-electron chi connectivity index (χ4n) is 2.85. The zero-order valence-electron chi connectivity index (χ0n) is 12.8. The SMILES string of the molecule is CCCC(CCC)(CNC(C)C)c1ccc(Cl)cc1. The van der Waals surface area contributed by atoms with Crippen molar-refractivity contribution in [3.05, 3.63) is 34.9 Å². The topological polar surface area (TPSA) is 12.0 Å². The molecule has 0 fully saturated rings. The van der Waals surface area contributed by atoms with Crippen molar-refractivity contribution < 1.29 is 0 Å². The molecule has 0 spiro atoms. The van der Waals surface area contributed by atoms with Crippen LogP contribution in [0.2, 0.25) is 5.02 Å². The summed E-state index contributed by atoms with van der Waals surface area (Å²) in [6.07, 6.45) is 4.87. The molecule has 1 nitrogen and oxygen atoms in total. The van der Waals surface area contributed by atoms with Gasteiger partial charge in [-0.25, -0.2) is 0 Å². The highest BCUT2D eigenvalue weighted by molar-refractivity contribution is 6.30. The van der Waals surface area contributed by atoms with Crippen molar-refractivity contribution in [2.75, 3.05) is 6.54 Å². The van der Waals surface area contributed by atoms with E-state index in [-0.39, 0.29) is 5.41 Å². The van der Waals surface area contributed by atoms with Crippen molar-refractivity contribution >= 4 is 11.6 Å². The monoisotopic (exact) mass is 281 g/mol. The van der Waals surface area contributed by atoms with Crippen molar-refractivity contribution in [3.8, 4) is 0 Å². The van der Waals surface area contributed by atoms with Crippen LogP contribution < -0.4 is 5.32 Å². The second-order valence-electron chi connectivity index (χ2n) is 5.82. The smallest absolute Gasteiger partial charge is 0.0406 e. The molecule has 0 atom stereocenters. The molecule has 2 heteroatoms. The fraction of sp³-hybridized carbons (Fsp3) is 0.647. The molecule has 0 aromatic heterocycles. The molecule has 0 unspecified atom stereocenters. The summed E-state index contributed by atoms with van der Waals surface area (Å²) >= 11 is 6.03. The average Bonchev–Trinajstić information content (AvgIpc) is 2.37. The van der Waals surface area contributed by atoms with Gasteiger partial charge in [0.25, 0.3) is 0 Å². The first-order valence-electron chi connectivity index (χ1n) is 7.53. The molecule has 108 valence electrons. The first-order chi connectivity index (χ1) is 9.04. The molecule has 0 radical (unpaired) electrons. The van der Waals surface area contributed by atoms with Crippen LogP contribution in [0.1, 0.15) is 58.9 Å². The van der Waals surface area contributed by atoms with Gasteiger partial charge in [0.1, 0.15) is 0 Å². The average molecular weight is 282 g/mol. The van der Waals surface area contributed by atoms with Gasteiger partial charge in [0, 0.05) is 23.0 Å². The minimum atomic E-state index is 0.248. The molecule has 19 heavy (non-hydrogen) atoms. The lowest BCUT2D eigenvalue weighted by Crippen LogP contribution is -2.41. The lowest BCUT2D eigenvalue weighted by molar-refractivity contribution is 0.324. The summed E-state index contributed by atoms with van der Waals surface area (Å²) in [6, 6.07) is 8.98. The molecular weight excluding hydrogens is 254 g/mol. The van der Waals surface area contributed by atoms with Crippen molar-refractivity contribution in [1.29, 1.82) is 0 Å². The number of hydrogen-bond acceptors (Lipinski definition) is 1. The van der Waals surface area contributed by atoms with Gasteiger partial charge < -0.3 is 5.32 Å². The van der Waals surface area contributed by atoms with Crippen molar-refractivity contribution in [2.45, 2.75) is 64.8 Å². The van der Waals surface area contributed by atoms with Gasteiger partial charge in [-0.3, -0.25) is 0 Å². The van der Waals surface area contributed by atoms with E-state index in [9.17, 15) is 0 Å². The highest BCUT2D eigenvalue weighted by Crippen LogP contribution is 2.34. The summed E-state index contributed by atoms with van der Waals surface area (Å²) in [4.78, 5) is 0. The number of hydrogen-bond donors (Lipinski definition) is 1. The summed E-state index contributed by atoms with van der Waals surface area (Å²) in [7, 11) is 0. The van der Waals surface area contributed by atoms with Gasteiger partial charge in [0.2, 0.25) is 0 Å². The summed E-state index contributed by atoms with van der Waals surface area (Å²) in [5, 5.41) is 4.46. The van der Waals surface area contributed by atoms with Crippen LogP contribution in [0.3, 0.4) is 0 Å². The van der Waals surface area contributed by atoms with E-state index in [1.54, 1.807) is 0 Å². The van der Waals surface area contributed by atoms with Gasteiger partial charge in [-0.2, -0.15) is 0 Å². The normalized spacial score (nSPS) is 12.1. The molecule has 0 bridgehead atoms. The highest BCUT2D eigenvalue weighted by Gasteiger charge is 2.30. The zero-order chi connectivity index (χ0) is 14.3. The maximum absolute atomic E-state index is 6.03.